The number of aryl methyl sites for hydroxylation is 2. The van der Waals surface area contributed by atoms with E-state index < -0.39 is 0 Å². The molecule has 0 amide bonds. The van der Waals surface area contributed by atoms with E-state index in [0.717, 1.165) is 12.2 Å². The molecule has 1 heterocycles. The standard InChI is InChI=1S/C16H22N2/c1-12(2)8-9-16-17-10-11-18(16)15-7-5-6-13(3)14(15)4/h5-7,10-12H,8-9H2,1-4H3. The molecule has 96 valence electrons. The van der Waals surface area contributed by atoms with Gasteiger partial charge >= 0.3 is 0 Å². The number of hydrogen-bond donors (Lipinski definition) is 0. The summed E-state index contributed by atoms with van der Waals surface area (Å²) in [5, 5.41) is 0. The lowest BCUT2D eigenvalue weighted by molar-refractivity contribution is 0.571. The van der Waals surface area contributed by atoms with E-state index in [1.54, 1.807) is 0 Å². The summed E-state index contributed by atoms with van der Waals surface area (Å²) in [5.41, 5.74) is 3.92. The summed E-state index contributed by atoms with van der Waals surface area (Å²) in [6.45, 7) is 8.84. The van der Waals surface area contributed by atoms with Gasteiger partial charge in [-0.25, -0.2) is 4.98 Å². The van der Waals surface area contributed by atoms with Crippen molar-refractivity contribution in [1.29, 1.82) is 0 Å². The number of nitrogens with zero attached hydrogens (tertiary/aromatic N) is 2. The first-order valence-electron chi connectivity index (χ1n) is 6.68. The van der Waals surface area contributed by atoms with Crippen molar-refractivity contribution in [2.24, 2.45) is 5.92 Å². The Balaban J connectivity index is 2.33. The highest BCUT2D eigenvalue weighted by Gasteiger charge is 2.08. The van der Waals surface area contributed by atoms with Crippen LogP contribution in [0.5, 0.6) is 0 Å². The Bertz CT molecular complexity index is 524. The van der Waals surface area contributed by atoms with Crippen molar-refractivity contribution in [2.75, 3.05) is 0 Å². The topological polar surface area (TPSA) is 17.8 Å². The van der Waals surface area contributed by atoms with Crippen LogP contribution in [0.15, 0.2) is 30.6 Å². The van der Waals surface area contributed by atoms with Crippen LogP contribution in [0.3, 0.4) is 0 Å². The second-order valence-corrected chi connectivity index (χ2v) is 5.37. The predicted molar refractivity (Wildman–Crippen MR) is 76.2 cm³/mol. The van der Waals surface area contributed by atoms with Crippen LogP contribution < -0.4 is 0 Å². The first-order valence-corrected chi connectivity index (χ1v) is 6.68. The highest BCUT2D eigenvalue weighted by molar-refractivity contribution is 5.45. The van der Waals surface area contributed by atoms with Crippen molar-refractivity contribution < 1.29 is 0 Å². The first kappa shape index (κ1) is 12.9. The van der Waals surface area contributed by atoms with Gasteiger partial charge in [0, 0.05) is 24.5 Å². The minimum absolute atomic E-state index is 0.716. The summed E-state index contributed by atoms with van der Waals surface area (Å²) in [4.78, 5) is 4.50. The van der Waals surface area contributed by atoms with Crippen LogP contribution in [-0.2, 0) is 6.42 Å². The fourth-order valence-corrected chi connectivity index (χ4v) is 2.15. The average Bonchev–Trinajstić information content (AvgIpc) is 2.78. The van der Waals surface area contributed by atoms with Gasteiger partial charge in [-0.05, 0) is 43.4 Å². The molecule has 0 aliphatic rings. The third kappa shape index (κ3) is 2.63. The summed E-state index contributed by atoms with van der Waals surface area (Å²) in [5.74, 6) is 1.88. The van der Waals surface area contributed by atoms with E-state index in [1.807, 2.05) is 6.20 Å². The molecule has 2 aromatic rings. The molecule has 0 saturated carbocycles. The summed E-state index contributed by atoms with van der Waals surface area (Å²) < 4.78 is 2.23. The van der Waals surface area contributed by atoms with E-state index >= 15 is 0 Å². The van der Waals surface area contributed by atoms with Gasteiger partial charge in [0.05, 0.1) is 0 Å². The molecule has 0 N–H and O–H groups in total. The van der Waals surface area contributed by atoms with Gasteiger partial charge in [0.25, 0.3) is 0 Å². The van der Waals surface area contributed by atoms with Crippen LogP contribution in [-0.4, -0.2) is 9.55 Å². The van der Waals surface area contributed by atoms with E-state index in [9.17, 15) is 0 Å². The Morgan fingerprint density at radius 1 is 1.22 bits per heavy atom. The van der Waals surface area contributed by atoms with Gasteiger partial charge in [0.15, 0.2) is 0 Å². The fraction of sp³-hybridized carbons (Fsp3) is 0.438. The molecule has 0 aliphatic heterocycles. The van der Waals surface area contributed by atoms with E-state index in [4.69, 9.17) is 0 Å². The van der Waals surface area contributed by atoms with Crippen LogP contribution in [0.4, 0.5) is 0 Å². The Hall–Kier alpha value is -1.57. The average molecular weight is 242 g/mol. The summed E-state index contributed by atoms with van der Waals surface area (Å²) >= 11 is 0. The maximum absolute atomic E-state index is 4.50. The lowest BCUT2D eigenvalue weighted by Gasteiger charge is -2.13. The van der Waals surface area contributed by atoms with E-state index in [2.05, 4.69) is 61.6 Å². The summed E-state index contributed by atoms with van der Waals surface area (Å²) in [6.07, 6.45) is 6.19. The minimum Gasteiger partial charge on any atom is -0.303 e. The zero-order valence-corrected chi connectivity index (χ0v) is 11.8. The van der Waals surface area contributed by atoms with E-state index in [1.165, 1.54) is 23.2 Å². The zero-order chi connectivity index (χ0) is 13.1. The number of aromatic nitrogens is 2. The molecular weight excluding hydrogens is 220 g/mol. The highest BCUT2D eigenvalue weighted by atomic mass is 15.1. The van der Waals surface area contributed by atoms with Gasteiger partial charge in [-0.15, -0.1) is 0 Å². The number of imidazole rings is 1. The molecule has 0 atom stereocenters. The van der Waals surface area contributed by atoms with Crippen LogP contribution in [0, 0.1) is 19.8 Å². The first-order chi connectivity index (χ1) is 8.59. The molecule has 2 nitrogen and oxygen atoms in total. The molecule has 0 aliphatic carbocycles. The largest absolute Gasteiger partial charge is 0.303 e. The Labute approximate surface area is 110 Å². The van der Waals surface area contributed by atoms with Crippen LogP contribution in [0.25, 0.3) is 5.69 Å². The van der Waals surface area contributed by atoms with Crippen molar-refractivity contribution in [3.8, 4) is 5.69 Å². The van der Waals surface area contributed by atoms with Gasteiger partial charge < -0.3 is 4.57 Å². The SMILES string of the molecule is Cc1cccc(-n2ccnc2CCC(C)C)c1C. The molecule has 0 saturated heterocycles. The zero-order valence-electron chi connectivity index (χ0n) is 11.8. The second kappa shape index (κ2) is 5.38. The smallest absolute Gasteiger partial charge is 0.113 e. The molecule has 0 spiro atoms. The number of hydrogen-bond acceptors (Lipinski definition) is 1. The molecule has 0 bridgehead atoms. The van der Waals surface area contributed by atoms with Gasteiger partial charge in [-0.2, -0.15) is 0 Å². The van der Waals surface area contributed by atoms with Crippen molar-refractivity contribution >= 4 is 0 Å². The number of rotatable bonds is 4. The van der Waals surface area contributed by atoms with Crippen molar-refractivity contribution in [1.82, 2.24) is 9.55 Å². The molecule has 0 radical (unpaired) electrons. The quantitative estimate of drug-likeness (QED) is 0.790. The summed E-state index contributed by atoms with van der Waals surface area (Å²) in [7, 11) is 0. The van der Waals surface area contributed by atoms with Gasteiger partial charge in [0.2, 0.25) is 0 Å². The summed E-state index contributed by atoms with van der Waals surface area (Å²) in [6, 6.07) is 6.44. The minimum atomic E-state index is 0.716. The lowest BCUT2D eigenvalue weighted by atomic mass is 10.1. The predicted octanol–water partition coefficient (Wildman–Crippen LogP) is 4.08. The number of benzene rings is 1. The second-order valence-electron chi connectivity index (χ2n) is 5.37. The van der Waals surface area contributed by atoms with E-state index in [0.29, 0.717) is 5.92 Å². The molecule has 2 heteroatoms. The molecule has 18 heavy (non-hydrogen) atoms. The molecular formula is C16H22N2. The van der Waals surface area contributed by atoms with Gasteiger partial charge in [-0.1, -0.05) is 26.0 Å². The molecule has 0 unspecified atom stereocenters. The van der Waals surface area contributed by atoms with Crippen LogP contribution in [0.2, 0.25) is 0 Å². The Morgan fingerprint density at radius 2 is 2.00 bits per heavy atom. The van der Waals surface area contributed by atoms with Crippen molar-refractivity contribution in [2.45, 2.75) is 40.5 Å². The third-order valence-electron chi connectivity index (χ3n) is 3.50. The van der Waals surface area contributed by atoms with Crippen LogP contribution in [0.1, 0.15) is 37.2 Å². The lowest BCUT2D eigenvalue weighted by Crippen LogP contribution is -2.04. The highest BCUT2D eigenvalue weighted by Crippen LogP contribution is 2.20. The maximum Gasteiger partial charge on any atom is 0.113 e. The maximum atomic E-state index is 4.50. The van der Waals surface area contributed by atoms with E-state index in [-0.39, 0.29) is 0 Å². The van der Waals surface area contributed by atoms with Crippen molar-refractivity contribution in [3.63, 3.8) is 0 Å². The molecule has 0 fully saturated rings. The van der Waals surface area contributed by atoms with Crippen LogP contribution >= 0.6 is 0 Å². The van der Waals surface area contributed by atoms with Gasteiger partial charge in [-0.3, -0.25) is 0 Å². The molecule has 1 aromatic heterocycles. The monoisotopic (exact) mass is 242 g/mol. The Morgan fingerprint density at radius 3 is 2.72 bits per heavy atom. The van der Waals surface area contributed by atoms with Crippen molar-refractivity contribution in [3.05, 3.63) is 47.5 Å². The Kier molecular flexibility index (Phi) is 3.85. The normalized spacial score (nSPS) is 11.2. The third-order valence-corrected chi connectivity index (χ3v) is 3.50. The van der Waals surface area contributed by atoms with Gasteiger partial charge in [0.1, 0.15) is 5.82 Å². The fourth-order valence-electron chi connectivity index (χ4n) is 2.15. The molecule has 2 rings (SSSR count). The molecule has 1 aromatic carbocycles.